The summed E-state index contributed by atoms with van der Waals surface area (Å²) in [6.07, 6.45) is 1.68. The fraction of sp³-hybridized carbons (Fsp3) is 0.360. The molecule has 10 heteroatoms. The molecule has 0 unspecified atom stereocenters. The molecule has 0 radical (unpaired) electrons. The number of ether oxygens (including phenoxy) is 4. The highest BCUT2D eigenvalue weighted by molar-refractivity contribution is 5.89. The van der Waals surface area contributed by atoms with Crippen molar-refractivity contribution in [3.8, 4) is 28.6 Å². The lowest BCUT2D eigenvalue weighted by atomic mass is 10.1. The number of para-hydroxylation sites is 1. The molecule has 2 amide bonds. The maximum absolute atomic E-state index is 14.1. The molecule has 2 aromatic carbocycles. The second-order valence-corrected chi connectivity index (χ2v) is 8.02. The third-order valence-electron chi connectivity index (χ3n) is 5.71. The molecule has 1 fully saturated rings. The third-order valence-corrected chi connectivity index (χ3v) is 5.71. The minimum atomic E-state index is -0.510. The smallest absolute Gasteiger partial charge is 0.322 e. The number of hydrogen-bond acceptors (Lipinski definition) is 7. The van der Waals surface area contributed by atoms with Gasteiger partial charge in [0.15, 0.2) is 17.3 Å². The van der Waals surface area contributed by atoms with Crippen molar-refractivity contribution in [2.45, 2.75) is 25.5 Å². The molecule has 1 N–H and O–H groups in total. The molecule has 186 valence electrons. The first-order valence-corrected chi connectivity index (χ1v) is 11.2. The molecular formula is C25H28FN3O6. The minimum Gasteiger partial charge on any atom is -0.493 e. The number of nitrogens with zero attached hydrogens (tertiary/aromatic N) is 2. The number of aromatic nitrogens is 1. The van der Waals surface area contributed by atoms with E-state index in [4.69, 9.17) is 23.5 Å². The van der Waals surface area contributed by atoms with Gasteiger partial charge in [0.1, 0.15) is 11.5 Å². The van der Waals surface area contributed by atoms with Gasteiger partial charge in [0.05, 0.1) is 39.7 Å². The van der Waals surface area contributed by atoms with Gasteiger partial charge in [0.2, 0.25) is 5.75 Å². The van der Waals surface area contributed by atoms with Gasteiger partial charge >= 0.3 is 6.03 Å². The Kier molecular flexibility index (Phi) is 7.71. The van der Waals surface area contributed by atoms with Gasteiger partial charge in [-0.1, -0.05) is 17.3 Å². The summed E-state index contributed by atoms with van der Waals surface area (Å²) in [4.78, 5) is 14.6. The zero-order chi connectivity index (χ0) is 24.8. The Balaban J connectivity index is 1.56. The molecule has 0 bridgehead atoms. The van der Waals surface area contributed by atoms with Gasteiger partial charge in [0, 0.05) is 24.8 Å². The fourth-order valence-corrected chi connectivity index (χ4v) is 3.95. The van der Waals surface area contributed by atoms with Gasteiger partial charge in [0.25, 0.3) is 0 Å². The van der Waals surface area contributed by atoms with Crippen LogP contribution in [-0.2, 0) is 11.3 Å². The average Bonchev–Trinajstić information content (AvgIpc) is 3.56. The Morgan fingerprint density at radius 3 is 2.51 bits per heavy atom. The fourth-order valence-electron chi connectivity index (χ4n) is 3.95. The van der Waals surface area contributed by atoms with Crippen LogP contribution in [0.3, 0.4) is 0 Å². The number of benzene rings is 2. The van der Waals surface area contributed by atoms with Gasteiger partial charge in [-0.25, -0.2) is 9.18 Å². The second-order valence-electron chi connectivity index (χ2n) is 8.02. The van der Waals surface area contributed by atoms with E-state index < -0.39 is 11.8 Å². The van der Waals surface area contributed by atoms with E-state index in [9.17, 15) is 9.18 Å². The van der Waals surface area contributed by atoms with E-state index in [1.807, 2.05) is 0 Å². The Labute approximate surface area is 202 Å². The Hall–Kier alpha value is -3.79. The highest BCUT2D eigenvalue weighted by Crippen LogP contribution is 2.41. The Bertz CT molecular complexity index is 1140. The molecule has 0 spiro atoms. The van der Waals surface area contributed by atoms with Crippen LogP contribution in [0, 0.1) is 5.82 Å². The summed E-state index contributed by atoms with van der Waals surface area (Å²) in [6.45, 7) is 1.14. The summed E-state index contributed by atoms with van der Waals surface area (Å²) in [7, 11) is 4.59. The van der Waals surface area contributed by atoms with Crippen molar-refractivity contribution < 1.29 is 32.7 Å². The second kappa shape index (κ2) is 11.1. The quantitative estimate of drug-likeness (QED) is 0.469. The monoisotopic (exact) mass is 485 g/mol. The number of rotatable bonds is 9. The lowest BCUT2D eigenvalue weighted by molar-refractivity contribution is 0.0814. The lowest BCUT2D eigenvalue weighted by Crippen LogP contribution is -2.39. The minimum absolute atomic E-state index is 0.0946. The molecular weight excluding hydrogens is 457 g/mol. The maximum Gasteiger partial charge on any atom is 0.322 e. The van der Waals surface area contributed by atoms with Gasteiger partial charge in [-0.15, -0.1) is 0 Å². The van der Waals surface area contributed by atoms with E-state index in [-0.39, 0.29) is 18.3 Å². The van der Waals surface area contributed by atoms with Crippen LogP contribution in [0.1, 0.15) is 18.5 Å². The average molecular weight is 486 g/mol. The molecule has 1 saturated heterocycles. The molecule has 2 heterocycles. The van der Waals surface area contributed by atoms with Crippen LogP contribution < -0.4 is 19.5 Å². The van der Waals surface area contributed by atoms with Crippen molar-refractivity contribution in [1.29, 1.82) is 0 Å². The number of carbonyl (C=O) groups excluding carboxylic acids is 1. The number of urea groups is 1. The molecule has 0 saturated carbocycles. The highest BCUT2D eigenvalue weighted by Gasteiger charge is 2.25. The molecule has 1 aromatic heterocycles. The number of anilines is 1. The number of halogens is 1. The first-order chi connectivity index (χ1) is 17.0. The van der Waals surface area contributed by atoms with E-state index in [0.29, 0.717) is 47.4 Å². The van der Waals surface area contributed by atoms with E-state index in [0.717, 1.165) is 12.8 Å². The zero-order valence-corrected chi connectivity index (χ0v) is 19.9. The van der Waals surface area contributed by atoms with E-state index >= 15 is 0 Å². The van der Waals surface area contributed by atoms with Crippen LogP contribution in [-0.4, -0.2) is 56.7 Å². The summed E-state index contributed by atoms with van der Waals surface area (Å²) in [5.41, 5.74) is 1.29. The van der Waals surface area contributed by atoms with Crippen LogP contribution in [0.2, 0.25) is 0 Å². The maximum atomic E-state index is 14.1. The first-order valence-electron chi connectivity index (χ1n) is 11.2. The molecule has 9 nitrogen and oxygen atoms in total. The van der Waals surface area contributed by atoms with E-state index in [1.54, 1.807) is 35.2 Å². The normalized spacial score (nSPS) is 15.0. The van der Waals surface area contributed by atoms with Crippen molar-refractivity contribution >= 4 is 11.7 Å². The topological polar surface area (TPSA) is 95.3 Å². The van der Waals surface area contributed by atoms with Crippen LogP contribution in [0.25, 0.3) is 11.3 Å². The van der Waals surface area contributed by atoms with E-state index in [1.165, 1.54) is 33.5 Å². The van der Waals surface area contributed by atoms with Crippen LogP contribution in [0.4, 0.5) is 14.9 Å². The lowest BCUT2D eigenvalue weighted by Gasteiger charge is -2.25. The zero-order valence-electron chi connectivity index (χ0n) is 19.9. The van der Waals surface area contributed by atoms with Gasteiger partial charge in [-0.3, -0.25) is 0 Å². The standard InChI is InChI=1S/C25H28FN3O6/c1-31-22-11-16(12-23(32-2)24(22)33-3)21-13-17(28-35-21)14-29(15-18-7-6-10-34-18)25(30)27-20-9-5-4-8-19(20)26/h4-5,8-9,11-13,18H,6-7,10,14-15H2,1-3H3,(H,27,30)/t18-/m1/s1. The predicted molar refractivity (Wildman–Crippen MR) is 126 cm³/mol. The van der Waals surface area contributed by atoms with Gasteiger partial charge < -0.3 is 33.7 Å². The van der Waals surface area contributed by atoms with Crippen molar-refractivity contribution in [2.24, 2.45) is 0 Å². The predicted octanol–water partition coefficient (Wildman–Crippen LogP) is 4.72. The largest absolute Gasteiger partial charge is 0.493 e. The van der Waals surface area contributed by atoms with Crippen LogP contribution >= 0.6 is 0 Å². The van der Waals surface area contributed by atoms with Crippen molar-refractivity contribution in [3.63, 3.8) is 0 Å². The number of hydrogen-bond donors (Lipinski definition) is 1. The summed E-state index contributed by atoms with van der Waals surface area (Å²) < 4.78 is 41.6. The van der Waals surface area contributed by atoms with Crippen LogP contribution in [0.5, 0.6) is 17.2 Å². The Morgan fingerprint density at radius 2 is 1.89 bits per heavy atom. The molecule has 0 aliphatic carbocycles. The van der Waals surface area contributed by atoms with Gasteiger partial charge in [-0.2, -0.15) is 0 Å². The molecule has 1 aliphatic rings. The molecule has 1 atom stereocenters. The molecule has 4 rings (SSSR count). The summed E-state index contributed by atoms with van der Waals surface area (Å²) in [5, 5.41) is 6.78. The van der Waals surface area contributed by atoms with Crippen molar-refractivity contribution in [3.05, 3.63) is 54.0 Å². The van der Waals surface area contributed by atoms with E-state index in [2.05, 4.69) is 10.5 Å². The molecule has 3 aromatic rings. The van der Waals surface area contributed by atoms with Crippen molar-refractivity contribution in [2.75, 3.05) is 39.8 Å². The number of amides is 2. The van der Waals surface area contributed by atoms with Crippen molar-refractivity contribution in [1.82, 2.24) is 10.1 Å². The summed E-state index contributed by atoms with van der Waals surface area (Å²) in [6, 6.07) is 10.8. The summed E-state index contributed by atoms with van der Waals surface area (Å²) >= 11 is 0. The highest BCUT2D eigenvalue weighted by atomic mass is 19.1. The number of nitrogens with one attached hydrogen (secondary N) is 1. The van der Waals surface area contributed by atoms with Crippen LogP contribution in [0.15, 0.2) is 47.0 Å². The van der Waals surface area contributed by atoms with Gasteiger partial charge in [-0.05, 0) is 37.1 Å². The Morgan fingerprint density at radius 1 is 1.14 bits per heavy atom. The molecule has 35 heavy (non-hydrogen) atoms. The molecule has 1 aliphatic heterocycles. The summed E-state index contributed by atoms with van der Waals surface area (Å²) in [5.74, 6) is 1.37. The number of methoxy groups -OCH3 is 3. The third kappa shape index (κ3) is 5.65. The SMILES string of the molecule is COc1cc(-c2cc(CN(C[C@H]3CCCO3)C(=O)Nc3ccccc3F)no2)cc(OC)c1OC. The number of carbonyl (C=O) groups is 1. The first kappa shape index (κ1) is 24.3.